The summed E-state index contributed by atoms with van der Waals surface area (Å²) in [5.74, 6) is -12.4. The Labute approximate surface area is 201 Å². The fourth-order valence-electron chi connectivity index (χ4n) is 7.27. The molecule has 186 valence electrons. The van der Waals surface area contributed by atoms with Crippen LogP contribution in [0, 0.1) is 23.7 Å². The maximum Gasteiger partial charge on any atom is 0.235 e. The van der Waals surface area contributed by atoms with Crippen LogP contribution in [0.4, 0.5) is 0 Å². The number of carbonyl (C=O) groups is 5. The van der Waals surface area contributed by atoms with Gasteiger partial charge < -0.3 is 21.1 Å². The van der Waals surface area contributed by atoms with Gasteiger partial charge in [0.15, 0.2) is 34.7 Å². The molecule has 1 aromatic carbocycles. The summed E-state index contributed by atoms with van der Waals surface area (Å²) in [7, 11) is 0. The van der Waals surface area contributed by atoms with Crippen LogP contribution in [0.15, 0.2) is 12.1 Å². The number of aromatic hydroxyl groups is 1. The molecule has 0 spiro atoms. The average Bonchev–Trinajstić information content (AvgIpc) is 3.23. The Hall–Kier alpha value is -2.91. The first kappa shape index (κ1) is 23.8. The average molecular weight is 484 g/mol. The Morgan fingerprint density at radius 2 is 1.71 bits per heavy atom. The second-order valence-electron chi connectivity index (χ2n) is 11.0. The van der Waals surface area contributed by atoms with E-state index in [1.165, 1.54) is 0 Å². The number of hydrogen-bond donors (Lipinski definition) is 4. The van der Waals surface area contributed by atoms with Crippen molar-refractivity contribution >= 4 is 29.0 Å². The van der Waals surface area contributed by atoms with E-state index in [1.54, 1.807) is 19.1 Å². The van der Waals surface area contributed by atoms with Crippen molar-refractivity contribution in [1.29, 1.82) is 0 Å². The number of Topliss-reactive ketones (excluding diaryl/α,β-unsaturated/α-hetero) is 4. The molecule has 35 heavy (non-hydrogen) atoms. The van der Waals surface area contributed by atoms with E-state index in [-0.39, 0.29) is 16.7 Å². The summed E-state index contributed by atoms with van der Waals surface area (Å²) in [5, 5.41) is 33.8. The zero-order valence-electron chi connectivity index (χ0n) is 19.6. The van der Waals surface area contributed by atoms with Gasteiger partial charge in [-0.2, -0.15) is 0 Å². The first-order chi connectivity index (χ1) is 16.4. The van der Waals surface area contributed by atoms with Crippen molar-refractivity contribution < 1.29 is 39.3 Å². The molecule has 7 atom stereocenters. The van der Waals surface area contributed by atoms with Crippen LogP contribution < -0.4 is 5.73 Å². The molecule has 9 heteroatoms. The number of ketones is 4. The van der Waals surface area contributed by atoms with Gasteiger partial charge in [-0.15, -0.1) is 0 Å². The quantitative estimate of drug-likeness (QED) is 0.445. The maximum atomic E-state index is 13.8. The Morgan fingerprint density at radius 3 is 2.31 bits per heavy atom. The largest absolute Gasteiger partial charge is 0.507 e. The van der Waals surface area contributed by atoms with Crippen molar-refractivity contribution in [3.05, 3.63) is 28.8 Å². The van der Waals surface area contributed by atoms with Crippen molar-refractivity contribution in [3.8, 4) is 5.75 Å². The van der Waals surface area contributed by atoms with Crippen molar-refractivity contribution in [2.75, 3.05) is 0 Å². The highest BCUT2D eigenvalue weighted by atomic mass is 16.3. The lowest BCUT2D eigenvalue weighted by Gasteiger charge is -2.53. The second kappa shape index (κ2) is 7.54. The monoisotopic (exact) mass is 483 g/mol. The summed E-state index contributed by atoms with van der Waals surface area (Å²) in [6.45, 7) is 3.73. The predicted octanol–water partition coefficient (Wildman–Crippen LogP) is 0.690. The van der Waals surface area contributed by atoms with Crippen LogP contribution in [0.3, 0.4) is 0 Å². The number of primary amides is 1. The minimum Gasteiger partial charge on any atom is -0.507 e. The molecule has 0 aromatic heterocycles. The summed E-state index contributed by atoms with van der Waals surface area (Å²) >= 11 is 0. The zero-order valence-corrected chi connectivity index (χ0v) is 19.6. The minimum atomic E-state index is -2.90. The fourth-order valence-corrected chi connectivity index (χ4v) is 7.27. The molecule has 0 saturated heterocycles. The van der Waals surface area contributed by atoms with Crippen molar-refractivity contribution in [3.63, 3.8) is 0 Å². The van der Waals surface area contributed by atoms with Crippen LogP contribution in [0.25, 0.3) is 0 Å². The van der Waals surface area contributed by atoms with Gasteiger partial charge in [-0.1, -0.05) is 38.8 Å². The molecule has 1 amide bonds. The molecule has 0 heterocycles. The highest BCUT2D eigenvalue weighted by Crippen LogP contribution is 2.55. The Morgan fingerprint density at radius 1 is 1.09 bits per heavy atom. The molecule has 3 saturated carbocycles. The SMILES string of the molecule is C[C@H]1c2ccc(C3(C)CCCC3)c(O)c2C(=O)C2C(=O)[C@]3(O)C(=O)C(C(N)=O)C(=O)C[C@@H]3[C@@H](O)[C@@H]21. The minimum absolute atomic E-state index is 0.0299. The van der Waals surface area contributed by atoms with Gasteiger partial charge in [0.2, 0.25) is 5.91 Å². The lowest BCUT2D eigenvalue weighted by Crippen LogP contribution is -2.72. The van der Waals surface area contributed by atoms with Gasteiger partial charge in [0, 0.05) is 23.8 Å². The molecule has 0 bridgehead atoms. The van der Waals surface area contributed by atoms with Gasteiger partial charge in [0.25, 0.3) is 0 Å². The van der Waals surface area contributed by atoms with Crippen LogP contribution in [0.1, 0.15) is 73.4 Å². The molecule has 5 rings (SSSR count). The Balaban J connectivity index is 1.65. The van der Waals surface area contributed by atoms with E-state index >= 15 is 0 Å². The van der Waals surface area contributed by atoms with E-state index in [4.69, 9.17) is 5.73 Å². The Kier molecular flexibility index (Phi) is 5.13. The third-order valence-electron chi connectivity index (χ3n) is 9.22. The molecule has 2 unspecified atom stereocenters. The predicted molar refractivity (Wildman–Crippen MR) is 120 cm³/mol. The highest BCUT2D eigenvalue weighted by Gasteiger charge is 2.69. The number of phenols is 1. The van der Waals surface area contributed by atoms with E-state index in [0.29, 0.717) is 11.1 Å². The van der Waals surface area contributed by atoms with Gasteiger partial charge >= 0.3 is 0 Å². The van der Waals surface area contributed by atoms with Crippen LogP contribution >= 0.6 is 0 Å². The first-order valence-electron chi connectivity index (χ1n) is 12.1. The van der Waals surface area contributed by atoms with E-state index in [9.17, 15) is 39.3 Å². The number of aliphatic hydroxyl groups is 2. The number of hydrogen-bond acceptors (Lipinski definition) is 8. The molecular weight excluding hydrogens is 454 g/mol. The topological polar surface area (TPSA) is 172 Å². The highest BCUT2D eigenvalue weighted by molar-refractivity contribution is 6.31. The molecular formula is C26H29NO8. The molecule has 4 aliphatic rings. The third kappa shape index (κ3) is 2.91. The normalized spacial score (nSPS) is 38.1. The summed E-state index contributed by atoms with van der Waals surface area (Å²) < 4.78 is 0. The lowest BCUT2D eigenvalue weighted by molar-refractivity contribution is -0.189. The van der Waals surface area contributed by atoms with E-state index in [0.717, 1.165) is 25.7 Å². The standard InChI is InChI=1S/C26H29NO8/c1-10-11-5-6-12(25(2)7-3-4-8-25)19(29)16(11)21(31)18-15(10)20(30)13-9-14(28)17(24(27)34)22(32)26(13,35)23(18)33/h5-6,10,13,15,17-18,20,29-30,35H,3-4,7-9H2,1-2H3,(H2,27,34)/t10-,13+,15+,17?,18?,20+,26+/m0/s1. The third-order valence-corrected chi connectivity index (χ3v) is 9.22. The van der Waals surface area contributed by atoms with Gasteiger partial charge in [-0.25, -0.2) is 0 Å². The molecule has 0 aliphatic heterocycles. The number of fused-ring (bicyclic) bond motifs is 3. The van der Waals surface area contributed by atoms with E-state index in [1.807, 2.05) is 6.92 Å². The van der Waals surface area contributed by atoms with Gasteiger partial charge in [0.1, 0.15) is 5.75 Å². The molecule has 9 nitrogen and oxygen atoms in total. The molecule has 0 radical (unpaired) electrons. The number of amides is 1. The maximum absolute atomic E-state index is 13.8. The van der Waals surface area contributed by atoms with Crippen molar-refractivity contribution in [2.45, 2.75) is 69.0 Å². The van der Waals surface area contributed by atoms with Crippen LogP contribution in [0.5, 0.6) is 5.75 Å². The smallest absolute Gasteiger partial charge is 0.235 e. The number of benzene rings is 1. The number of phenolic OH excluding ortho intramolecular Hbond substituents is 1. The Bertz CT molecular complexity index is 1200. The molecule has 5 N–H and O–H groups in total. The van der Waals surface area contributed by atoms with Gasteiger partial charge in [-0.05, 0) is 29.7 Å². The van der Waals surface area contributed by atoms with Crippen LogP contribution in [-0.2, 0) is 24.6 Å². The van der Waals surface area contributed by atoms with Crippen LogP contribution in [0.2, 0.25) is 0 Å². The fraction of sp³-hybridized carbons (Fsp3) is 0.577. The molecule has 4 aliphatic carbocycles. The van der Waals surface area contributed by atoms with Crippen LogP contribution in [-0.4, -0.2) is 56.1 Å². The summed E-state index contributed by atoms with van der Waals surface area (Å²) in [4.78, 5) is 64.8. The van der Waals surface area contributed by atoms with E-state index in [2.05, 4.69) is 0 Å². The molecule has 3 fully saturated rings. The summed E-state index contributed by atoms with van der Waals surface area (Å²) in [5.41, 5.74) is 3.03. The summed E-state index contributed by atoms with van der Waals surface area (Å²) in [6, 6.07) is 3.53. The molecule has 1 aromatic rings. The van der Waals surface area contributed by atoms with Gasteiger partial charge in [-0.3, -0.25) is 24.0 Å². The van der Waals surface area contributed by atoms with E-state index < -0.39 is 76.8 Å². The number of rotatable bonds is 2. The van der Waals surface area contributed by atoms with Gasteiger partial charge in [0.05, 0.1) is 17.6 Å². The number of nitrogens with two attached hydrogens (primary N) is 1. The second-order valence-corrected chi connectivity index (χ2v) is 11.0. The van der Waals surface area contributed by atoms with Crippen molar-refractivity contribution in [2.24, 2.45) is 29.4 Å². The lowest BCUT2D eigenvalue weighted by atomic mass is 9.50. The first-order valence-corrected chi connectivity index (χ1v) is 12.1. The zero-order chi connectivity index (χ0) is 25.6. The van der Waals surface area contributed by atoms with Crippen molar-refractivity contribution in [1.82, 2.24) is 0 Å². The number of aliphatic hydroxyl groups excluding tert-OH is 1. The summed E-state index contributed by atoms with van der Waals surface area (Å²) in [6.07, 6.45) is 1.51. The number of carbonyl (C=O) groups excluding carboxylic acids is 5.